The number of carbonyl (C=O) groups excluding carboxylic acids is 2. The molecule has 1 saturated carbocycles. The van der Waals surface area contributed by atoms with Crippen LogP contribution in [0.1, 0.15) is 40.0 Å². The van der Waals surface area contributed by atoms with Crippen molar-refractivity contribution in [3.05, 3.63) is 0 Å². The van der Waals surface area contributed by atoms with E-state index in [0.717, 1.165) is 19.3 Å². The van der Waals surface area contributed by atoms with E-state index in [1.807, 2.05) is 20.8 Å². The number of carbonyl (C=O) groups is 2. The summed E-state index contributed by atoms with van der Waals surface area (Å²) >= 11 is 0. The van der Waals surface area contributed by atoms with E-state index in [2.05, 4.69) is 5.32 Å². The molecule has 1 amide bonds. The largest absolute Gasteiger partial charge is 0.469 e. The fourth-order valence-corrected chi connectivity index (χ4v) is 2.05. The third-order valence-corrected chi connectivity index (χ3v) is 3.10. The maximum Gasteiger partial charge on any atom is 0.407 e. The molecule has 1 aliphatic carbocycles. The van der Waals surface area contributed by atoms with Crippen LogP contribution in [-0.2, 0) is 14.3 Å². The molecule has 0 saturated heterocycles. The van der Waals surface area contributed by atoms with Crippen molar-refractivity contribution in [3.8, 4) is 0 Å². The average molecular weight is 257 g/mol. The Morgan fingerprint density at radius 2 is 1.94 bits per heavy atom. The van der Waals surface area contributed by atoms with Crippen LogP contribution in [0.25, 0.3) is 0 Å². The lowest BCUT2D eigenvalue weighted by atomic mass is 9.72. The molecule has 5 heteroatoms. The van der Waals surface area contributed by atoms with Gasteiger partial charge in [0.2, 0.25) is 0 Å². The maximum atomic E-state index is 11.4. The monoisotopic (exact) mass is 257 g/mol. The van der Waals surface area contributed by atoms with Gasteiger partial charge in [-0.3, -0.25) is 4.79 Å². The zero-order chi connectivity index (χ0) is 13.8. The van der Waals surface area contributed by atoms with Crippen LogP contribution in [-0.4, -0.2) is 31.3 Å². The second kappa shape index (κ2) is 6.07. The molecule has 1 aliphatic rings. The molecule has 2 unspecified atom stereocenters. The first-order chi connectivity index (χ1) is 8.33. The van der Waals surface area contributed by atoms with Crippen LogP contribution in [0.3, 0.4) is 0 Å². The molecular formula is C13H23NO4. The molecule has 0 aliphatic heterocycles. The minimum Gasteiger partial charge on any atom is -0.469 e. The highest BCUT2D eigenvalue weighted by atomic mass is 16.6. The van der Waals surface area contributed by atoms with Gasteiger partial charge in [-0.05, 0) is 46.0 Å². The topological polar surface area (TPSA) is 64.6 Å². The smallest absolute Gasteiger partial charge is 0.407 e. The molecule has 0 aromatic carbocycles. The molecule has 0 radical (unpaired) electrons. The van der Waals surface area contributed by atoms with Gasteiger partial charge in [0.25, 0.3) is 0 Å². The lowest BCUT2D eigenvalue weighted by Gasteiger charge is -2.34. The predicted molar refractivity (Wildman–Crippen MR) is 67.1 cm³/mol. The number of ether oxygens (including phenoxy) is 2. The molecule has 1 rings (SSSR count). The molecule has 2 atom stereocenters. The lowest BCUT2D eigenvalue weighted by molar-refractivity contribution is -0.151. The molecule has 0 bridgehead atoms. The molecule has 0 aromatic rings. The summed E-state index contributed by atoms with van der Waals surface area (Å²) in [6, 6.07) is 0. The van der Waals surface area contributed by atoms with E-state index in [1.165, 1.54) is 7.11 Å². The van der Waals surface area contributed by atoms with E-state index in [0.29, 0.717) is 12.5 Å². The van der Waals surface area contributed by atoms with Crippen molar-refractivity contribution in [2.75, 3.05) is 13.7 Å². The van der Waals surface area contributed by atoms with Gasteiger partial charge in [0.1, 0.15) is 5.60 Å². The van der Waals surface area contributed by atoms with Gasteiger partial charge < -0.3 is 14.8 Å². The number of hydrogen-bond donors (Lipinski definition) is 1. The molecule has 5 nitrogen and oxygen atoms in total. The normalized spacial score (nSPS) is 22.9. The fraction of sp³-hybridized carbons (Fsp3) is 0.846. The molecular weight excluding hydrogens is 234 g/mol. The minimum absolute atomic E-state index is 0.00966. The highest BCUT2D eigenvalue weighted by Crippen LogP contribution is 2.37. The van der Waals surface area contributed by atoms with Gasteiger partial charge >= 0.3 is 12.1 Å². The molecule has 18 heavy (non-hydrogen) atoms. The zero-order valence-electron chi connectivity index (χ0n) is 11.6. The number of nitrogens with one attached hydrogen (secondary N) is 1. The van der Waals surface area contributed by atoms with E-state index in [4.69, 9.17) is 9.47 Å². The van der Waals surface area contributed by atoms with E-state index in [9.17, 15) is 9.59 Å². The Bertz CT molecular complexity index is 309. The first-order valence-corrected chi connectivity index (χ1v) is 6.38. The minimum atomic E-state index is -0.477. The second-order valence-electron chi connectivity index (χ2n) is 5.68. The van der Waals surface area contributed by atoms with Crippen molar-refractivity contribution < 1.29 is 19.1 Å². The van der Waals surface area contributed by atoms with Crippen molar-refractivity contribution in [1.29, 1.82) is 0 Å². The summed E-state index contributed by atoms with van der Waals surface area (Å²) in [5.74, 6) is 0.200. The van der Waals surface area contributed by atoms with Gasteiger partial charge in [0.05, 0.1) is 13.0 Å². The first-order valence-electron chi connectivity index (χ1n) is 6.38. The third kappa shape index (κ3) is 4.55. The standard InChI is InChI=1S/C13H23NO4/c1-13(2,3)18-12(16)14-8-7-9-5-6-10(9)11(15)17-4/h9-10H,5-8H2,1-4H3,(H,14,16). The van der Waals surface area contributed by atoms with Crippen LogP contribution in [0.15, 0.2) is 0 Å². The van der Waals surface area contributed by atoms with E-state index < -0.39 is 11.7 Å². The van der Waals surface area contributed by atoms with Gasteiger partial charge in [-0.2, -0.15) is 0 Å². The van der Waals surface area contributed by atoms with Crippen LogP contribution >= 0.6 is 0 Å². The summed E-state index contributed by atoms with van der Waals surface area (Å²) < 4.78 is 9.85. The molecule has 1 N–H and O–H groups in total. The Hall–Kier alpha value is -1.26. The quantitative estimate of drug-likeness (QED) is 0.783. The van der Waals surface area contributed by atoms with Crippen molar-refractivity contribution >= 4 is 12.1 Å². The molecule has 0 spiro atoms. The van der Waals surface area contributed by atoms with Crippen molar-refractivity contribution in [2.45, 2.75) is 45.6 Å². The Morgan fingerprint density at radius 3 is 2.39 bits per heavy atom. The lowest BCUT2D eigenvalue weighted by Crippen LogP contribution is -2.38. The van der Waals surface area contributed by atoms with Gasteiger partial charge in [-0.25, -0.2) is 4.79 Å². The first kappa shape index (κ1) is 14.8. The molecule has 0 heterocycles. The van der Waals surface area contributed by atoms with Crippen molar-refractivity contribution in [2.24, 2.45) is 11.8 Å². The van der Waals surface area contributed by atoms with E-state index >= 15 is 0 Å². The second-order valence-corrected chi connectivity index (χ2v) is 5.68. The van der Waals surface area contributed by atoms with Gasteiger partial charge in [0, 0.05) is 6.54 Å². The Morgan fingerprint density at radius 1 is 1.28 bits per heavy atom. The summed E-state index contributed by atoms with van der Waals surface area (Å²) in [7, 11) is 1.41. The number of alkyl carbamates (subject to hydrolysis) is 1. The van der Waals surface area contributed by atoms with Crippen LogP contribution < -0.4 is 5.32 Å². The van der Waals surface area contributed by atoms with Gasteiger partial charge in [-0.1, -0.05) is 0 Å². The summed E-state index contributed by atoms with van der Waals surface area (Å²) in [5, 5.41) is 2.70. The van der Waals surface area contributed by atoms with Crippen molar-refractivity contribution in [1.82, 2.24) is 5.32 Å². The Labute approximate surface area is 108 Å². The fourth-order valence-electron chi connectivity index (χ4n) is 2.05. The van der Waals surface area contributed by atoms with Crippen LogP contribution in [0.5, 0.6) is 0 Å². The number of methoxy groups -OCH3 is 1. The zero-order valence-corrected chi connectivity index (χ0v) is 11.6. The Kier molecular flexibility index (Phi) is 4.99. The van der Waals surface area contributed by atoms with Gasteiger partial charge in [0.15, 0.2) is 0 Å². The summed E-state index contributed by atoms with van der Waals surface area (Å²) in [4.78, 5) is 22.7. The third-order valence-electron chi connectivity index (χ3n) is 3.10. The van der Waals surface area contributed by atoms with Crippen LogP contribution in [0, 0.1) is 11.8 Å². The van der Waals surface area contributed by atoms with Crippen LogP contribution in [0.4, 0.5) is 4.79 Å². The van der Waals surface area contributed by atoms with Crippen molar-refractivity contribution in [3.63, 3.8) is 0 Å². The number of esters is 1. The SMILES string of the molecule is COC(=O)C1CCC1CCNC(=O)OC(C)(C)C. The van der Waals surface area contributed by atoms with Crippen LogP contribution in [0.2, 0.25) is 0 Å². The van der Waals surface area contributed by atoms with E-state index in [-0.39, 0.29) is 11.9 Å². The molecule has 1 fully saturated rings. The Balaban J connectivity index is 2.19. The predicted octanol–water partition coefficient (Wildman–Crippen LogP) is 2.10. The summed E-state index contributed by atoms with van der Waals surface area (Å²) in [6.45, 7) is 6.01. The number of hydrogen-bond acceptors (Lipinski definition) is 4. The number of amides is 1. The number of rotatable bonds is 4. The highest BCUT2D eigenvalue weighted by molar-refractivity contribution is 5.73. The summed E-state index contributed by atoms with van der Waals surface area (Å²) in [6.07, 6.45) is 2.30. The maximum absolute atomic E-state index is 11.4. The average Bonchev–Trinajstić information content (AvgIpc) is 2.19. The highest BCUT2D eigenvalue weighted by Gasteiger charge is 2.36. The summed E-state index contributed by atoms with van der Waals surface area (Å²) in [5.41, 5.74) is -0.477. The molecule has 0 aromatic heterocycles. The van der Waals surface area contributed by atoms with Gasteiger partial charge in [-0.15, -0.1) is 0 Å². The molecule has 104 valence electrons. The van der Waals surface area contributed by atoms with E-state index in [1.54, 1.807) is 0 Å².